The molecule has 0 aliphatic rings. The summed E-state index contributed by atoms with van der Waals surface area (Å²) in [4.78, 5) is 0. The van der Waals surface area contributed by atoms with Crippen molar-refractivity contribution in [3.05, 3.63) is 6.92 Å². The number of halogens is 1. The van der Waals surface area contributed by atoms with Gasteiger partial charge in [-0.05, 0) is 0 Å². The third-order valence-electron chi connectivity index (χ3n) is 0. The van der Waals surface area contributed by atoms with Crippen molar-refractivity contribution in [1.82, 2.24) is 0 Å². The predicted molar refractivity (Wildman–Crippen MR) is 21.4 cm³/mol. The summed E-state index contributed by atoms with van der Waals surface area (Å²) in [5.74, 6) is 0. The molecule has 0 atom stereocenters. The van der Waals surface area contributed by atoms with Crippen molar-refractivity contribution in [3.8, 4) is 0 Å². The SMILES string of the molecule is [CH2-]CC.[F-].[Mg+2]. The van der Waals surface area contributed by atoms with Gasteiger partial charge in [0.15, 0.2) is 0 Å². The van der Waals surface area contributed by atoms with Crippen molar-refractivity contribution in [1.29, 1.82) is 0 Å². The second-order valence-corrected chi connectivity index (χ2v) is 0.500. The molecule has 0 radical (unpaired) electrons. The molecule has 0 unspecified atom stereocenters. The van der Waals surface area contributed by atoms with Gasteiger partial charge in [-0.1, -0.05) is 6.92 Å². The average Bonchev–Trinajstić information content (AvgIpc) is 0.918. The Bertz CT molecular complexity index is 6.85. The van der Waals surface area contributed by atoms with Gasteiger partial charge in [-0.2, -0.15) is 6.42 Å². The molecular formula is C3H7FMg. The molecular weight excluding hydrogens is 79.3 g/mol. The summed E-state index contributed by atoms with van der Waals surface area (Å²) in [6, 6.07) is 0. The molecule has 0 saturated carbocycles. The third-order valence-corrected chi connectivity index (χ3v) is 0. The van der Waals surface area contributed by atoms with E-state index in [1.165, 1.54) is 0 Å². The van der Waals surface area contributed by atoms with Crippen molar-refractivity contribution in [2.24, 2.45) is 0 Å². The Labute approximate surface area is 48.5 Å². The van der Waals surface area contributed by atoms with Crippen LogP contribution in [0.15, 0.2) is 0 Å². The fourth-order valence-electron chi connectivity index (χ4n) is 0. The molecule has 28 valence electrons. The summed E-state index contributed by atoms with van der Waals surface area (Å²) < 4.78 is 0. The largest absolute Gasteiger partial charge is 2.00 e. The number of hydrogen-bond donors (Lipinski definition) is 0. The topological polar surface area (TPSA) is 0 Å². The van der Waals surface area contributed by atoms with Crippen LogP contribution in [-0.4, -0.2) is 23.1 Å². The van der Waals surface area contributed by atoms with Crippen LogP contribution in [0, 0.1) is 6.92 Å². The first kappa shape index (κ1) is 17.3. The normalized spacial score (nSPS) is 3.60. The van der Waals surface area contributed by atoms with Crippen LogP contribution in [-0.2, 0) is 0 Å². The van der Waals surface area contributed by atoms with Crippen molar-refractivity contribution in [2.45, 2.75) is 13.3 Å². The maximum atomic E-state index is 3.49. The number of hydrogen-bond acceptors (Lipinski definition) is 0. The molecule has 5 heavy (non-hydrogen) atoms. The maximum Gasteiger partial charge on any atom is 2.00 e. The van der Waals surface area contributed by atoms with Gasteiger partial charge in [0.2, 0.25) is 0 Å². The van der Waals surface area contributed by atoms with E-state index in [9.17, 15) is 0 Å². The van der Waals surface area contributed by atoms with E-state index >= 15 is 0 Å². The van der Waals surface area contributed by atoms with Gasteiger partial charge < -0.3 is 11.6 Å². The molecule has 0 aromatic heterocycles. The summed E-state index contributed by atoms with van der Waals surface area (Å²) >= 11 is 0. The summed E-state index contributed by atoms with van der Waals surface area (Å²) in [7, 11) is 0. The second kappa shape index (κ2) is 22.3. The van der Waals surface area contributed by atoms with Crippen molar-refractivity contribution >= 4 is 23.1 Å². The Morgan fingerprint density at radius 3 is 1.60 bits per heavy atom. The molecule has 0 fully saturated rings. The van der Waals surface area contributed by atoms with Crippen molar-refractivity contribution in [3.63, 3.8) is 0 Å². The molecule has 0 nitrogen and oxygen atoms in total. The zero-order valence-electron chi connectivity index (χ0n) is 3.50. The van der Waals surface area contributed by atoms with Crippen LogP contribution in [0.4, 0.5) is 0 Å². The molecule has 0 spiro atoms. The quantitative estimate of drug-likeness (QED) is 0.233. The minimum atomic E-state index is 0. The summed E-state index contributed by atoms with van der Waals surface area (Å²) in [6.45, 7) is 5.50. The first-order valence-electron chi connectivity index (χ1n) is 1.21. The van der Waals surface area contributed by atoms with Gasteiger partial charge in [0.1, 0.15) is 0 Å². The van der Waals surface area contributed by atoms with Crippen LogP contribution in [0.3, 0.4) is 0 Å². The number of rotatable bonds is 0. The molecule has 2 heteroatoms. The monoisotopic (exact) mass is 86.0 g/mol. The molecule has 0 heterocycles. The molecule has 0 aromatic rings. The summed E-state index contributed by atoms with van der Waals surface area (Å²) in [5, 5.41) is 0. The molecule has 0 aliphatic carbocycles. The molecule has 0 rings (SSSR count). The Balaban J connectivity index is -0.0000000200. The van der Waals surface area contributed by atoms with E-state index in [1.54, 1.807) is 0 Å². The molecule has 0 N–H and O–H groups in total. The third kappa shape index (κ3) is 70.4. The summed E-state index contributed by atoms with van der Waals surface area (Å²) in [6.07, 6.45) is 1.00. The zero-order valence-corrected chi connectivity index (χ0v) is 4.91. The molecule has 0 aromatic carbocycles. The Kier molecular flexibility index (Phi) is 77.1. The molecule has 0 aliphatic heterocycles. The van der Waals surface area contributed by atoms with Gasteiger partial charge >= 0.3 is 23.1 Å². The van der Waals surface area contributed by atoms with Gasteiger partial charge in [-0.25, -0.2) is 0 Å². The van der Waals surface area contributed by atoms with Crippen LogP contribution >= 0.6 is 0 Å². The first-order chi connectivity index (χ1) is 1.41. The average molecular weight is 86.4 g/mol. The van der Waals surface area contributed by atoms with Crippen LogP contribution in [0.2, 0.25) is 0 Å². The second-order valence-electron chi connectivity index (χ2n) is 0.500. The van der Waals surface area contributed by atoms with Gasteiger partial charge in [-0.15, -0.1) is 0 Å². The van der Waals surface area contributed by atoms with E-state index in [4.69, 9.17) is 0 Å². The van der Waals surface area contributed by atoms with E-state index in [0.717, 1.165) is 6.42 Å². The minimum Gasteiger partial charge on any atom is -1.00 e. The van der Waals surface area contributed by atoms with Crippen LogP contribution in [0.25, 0.3) is 0 Å². The van der Waals surface area contributed by atoms with E-state index in [1.807, 2.05) is 6.92 Å². The van der Waals surface area contributed by atoms with Crippen molar-refractivity contribution in [2.75, 3.05) is 0 Å². The molecule has 0 saturated heterocycles. The van der Waals surface area contributed by atoms with Gasteiger partial charge in [0.05, 0.1) is 0 Å². The van der Waals surface area contributed by atoms with Crippen LogP contribution < -0.4 is 4.70 Å². The zero-order chi connectivity index (χ0) is 2.71. The van der Waals surface area contributed by atoms with Gasteiger partial charge in [-0.3, -0.25) is 0 Å². The van der Waals surface area contributed by atoms with E-state index in [2.05, 4.69) is 6.92 Å². The maximum absolute atomic E-state index is 3.49. The van der Waals surface area contributed by atoms with E-state index in [-0.39, 0.29) is 27.8 Å². The standard InChI is InChI=1S/C3H7.FH.Mg/c1-3-2;;/h1,3H2,2H3;1H;/q-1;;+2/p-1. The first-order valence-corrected chi connectivity index (χ1v) is 1.21. The van der Waals surface area contributed by atoms with Gasteiger partial charge in [0.25, 0.3) is 0 Å². The van der Waals surface area contributed by atoms with Crippen LogP contribution in [0.1, 0.15) is 13.3 Å². The van der Waals surface area contributed by atoms with Crippen molar-refractivity contribution < 1.29 is 4.70 Å². The molecule has 0 amide bonds. The molecule has 0 bridgehead atoms. The predicted octanol–water partition coefficient (Wildman–Crippen LogP) is -2.15. The van der Waals surface area contributed by atoms with E-state index in [0.29, 0.717) is 0 Å². The van der Waals surface area contributed by atoms with Crippen LogP contribution in [0.5, 0.6) is 0 Å². The smallest absolute Gasteiger partial charge is 1.00 e. The minimum absolute atomic E-state index is 0. The summed E-state index contributed by atoms with van der Waals surface area (Å²) in [5.41, 5.74) is 0. The fraction of sp³-hybridized carbons (Fsp3) is 0.667. The Hall–Kier alpha value is 0.696. The Morgan fingerprint density at radius 2 is 1.60 bits per heavy atom. The fourth-order valence-corrected chi connectivity index (χ4v) is 0. The van der Waals surface area contributed by atoms with Gasteiger partial charge in [0, 0.05) is 0 Å². The van der Waals surface area contributed by atoms with E-state index < -0.39 is 0 Å². The Morgan fingerprint density at radius 1 is 1.60 bits per heavy atom.